The Labute approximate surface area is 118 Å². The van der Waals surface area contributed by atoms with Crippen LogP contribution < -0.4 is 5.32 Å². The van der Waals surface area contributed by atoms with E-state index in [1.54, 1.807) is 11.3 Å². The summed E-state index contributed by atoms with van der Waals surface area (Å²) in [7, 11) is 0. The van der Waals surface area contributed by atoms with Gasteiger partial charge >= 0.3 is 0 Å². The lowest BCUT2D eigenvalue weighted by atomic mass is 10.00. The van der Waals surface area contributed by atoms with E-state index in [0.29, 0.717) is 5.92 Å². The van der Waals surface area contributed by atoms with Gasteiger partial charge in [0.1, 0.15) is 5.82 Å². The number of thiophene rings is 1. The van der Waals surface area contributed by atoms with Crippen LogP contribution in [0.3, 0.4) is 0 Å². The van der Waals surface area contributed by atoms with Crippen LogP contribution in [0, 0.1) is 6.92 Å². The first-order valence-corrected chi connectivity index (χ1v) is 7.69. The molecule has 100 valence electrons. The van der Waals surface area contributed by atoms with E-state index in [2.05, 4.69) is 37.5 Å². The van der Waals surface area contributed by atoms with Crippen molar-refractivity contribution in [2.24, 2.45) is 0 Å². The molecule has 0 spiro atoms. The minimum atomic E-state index is 0.366. The van der Waals surface area contributed by atoms with Gasteiger partial charge in [0.25, 0.3) is 0 Å². The van der Waals surface area contributed by atoms with Crippen LogP contribution in [-0.4, -0.2) is 16.5 Å². The molecule has 0 amide bonds. The van der Waals surface area contributed by atoms with Crippen molar-refractivity contribution in [2.75, 3.05) is 6.54 Å². The van der Waals surface area contributed by atoms with E-state index >= 15 is 0 Å². The Morgan fingerprint density at radius 1 is 1.32 bits per heavy atom. The molecule has 0 aliphatic carbocycles. The van der Waals surface area contributed by atoms with Gasteiger partial charge in [-0.2, -0.15) is 0 Å². The molecular weight excluding hydrogens is 254 g/mol. The van der Waals surface area contributed by atoms with E-state index in [1.807, 2.05) is 0 Å². The third-order valence-corrected chi connectivity index (χ3v) is 4.34. The molecule has 0 aromatic carbocycles. The number of hydrogen-bond acceptors (Lipinski definition) is 4. The van der Waals surface area contributed by atoms with Gasteiger partial charge < -0.3 is 5.32 Å². The highest BCUT2D eigenvalue weighted by atomic mass is 32.1. The lowest BCUT2D eigenvalue weighted by Crippen LogP contribution is -2.26. The Bertz CT molecular complexity index is 601. The molecule has 19 heavy (non-hydrogen) atoms. The Morgan fingerprint density at radius 2 is 2.16 bits per heavy atom. The largest absolute Gasteiger partial charge is 0.311 e. The molecule has 0 bridgehead atoms. The average Bonchev–Trinajstić information content (AvgIpc) is 2.84. The first kappa shape index (κ1) is 12.8. The van der Waals surface area contributed by atoms with Crippen LogP contribution in [0.5, 0.6) is 0 Å². The summed E-state index contributed by atoms with van der Waals surface area (Å²) < 4.78 is 0. The molecule has 1 N–H and O–H groups in total. The van der Waals surface area contributed by atoms with E-state index in [0.717, 1.165) is 31.0 Å². The second-order valence-electron chi connectivity index (χ2n) is 5.38. The standard InChI is InChI=1S/C15H19N3S/c1-9(2)15-17-13-7-16-5-4-12(13)14(18-15)11-6-10(3)19-8-11/h6,8-9,16H,4-5,7H2,1-3H3. The Balaban J connectivity index is 2.18. The van der Waals surface area contributed by atoms with Gasteiger partial charge in [-0.3, -0.25) is 0 Å². The highest BCUT2D eigenvalue weighted by molar-refractivity contribution is 7.10. The molecule has 2 aromatic heterocycles. The summed E-state index contributed by atoms with van der Waals surface area (Å²) in [6.45, 7) is 8.34. The summed E-state index contributed by atoms with van der Waals surface area (Å²) >= 11 is 1.79. The summed E-state index contributed by atoms with van der Waals surface area (Å²) in [5.74, 6) is 1.33. The predicted molar refractivity (Wildman–Crippen MR) is 79.6 cm³/mol. The van der Waals surface area contributed by atoms with Crippen LogP contribution in [0.1, 0.15) is 41.7 Å². The second-order valence-corrected chi connectivity index (χ2v) is 6.50. The second kappa shape index (κ2) is 5.02. The molecule has 0 fully saturated rings. The lowest BCUT2D eigenvalue weighted by molar-refractivity contribution is 0.612. The molecule has 0 unspecified atom stereocenters. The van der Waals surface area contributed by atoms with E-state index in [1.165, 1.54) is 21.7 Å². The molecule has 0 saturated heterocycles. The number of hydrogen-bond donors (Lipinski definition) is 1. The van der Waals surface area contributed by atoms with Crippen molar-refractivity contribution >= 4 is 11.3 Å². The van der Waals surface area contributed by atoms with E-state index in [4.69, 9.17) is 9.97 Å². The molecule has 4 heteroatoms. The van der Waals surface area contributed by atoms with Gasteiger partial charge in [0, 0.05) is 33.8 Å². The van der Waals surface area contributed by atoms with Crippen molar-refractivity contribution in [2.45, 2.75) is 39.7 Å². The van der Waals surface area contributed by atoms with Crippen LogP contribution in [0.25, 0.3) is 11.3 Å². The molecular formula is C15H19N3S. The topological polar surface area (TPSA) is 37.8 Å². The van der Waals surface area contributed by atoms with Crippen LogP contribution in [0.4, 0.5) is 0 Å². The number of aryl methyl sites for hydroxylation is 1. The fraction of sp³-hybridized carbons (Fsp3) is 0.467. The SMILES string of the molecule is Cc1cc(-c2nc(C(C)C)nc3c2CCNC3)cs1. The number of nitrogens with zero attached hydrogens (tertiary/aromatic N) is 2. The van der Waals surface area contributed by atoms with Gasteiger partial charge in [-0.15, -0.1) is 11.3 Å². The third-order valence-electron chi connectivity index (χ3n) is 3.47. The molecule has 3 rings (SSSR count). The van der Waals surface area contributed by atoms with E-state index in [-0.39, 0.29) is 0 Å². The highest BCUT2D eigenvalue weighted by Crippen LogP contribution is 2.30. The first-order chi connectivity index (χ1) is 9.15. The fourth-order valence-corrected chi connectivity index (χ4v) is 3.13. The fourth-order valence-electron chi connectivity index (χ4n) is 2.44. The Morgan fingerprint density at radius 3 is 2.84 bits per heavy atom. The quantitative estimate of drug-likeness (QED) is 0.912. The normalized spacial score (nSPS) is 14.7. The van der Waals surface area contributed by atoms with Gasteiger partial charge in [0.05, 0.1) is 11.4 Å². The molecule has 1 aliphatic rings. The van der Waals surface area contributed by atoms with Crippen LogP contribution in [-0.2, 0) is 13.0 Å². The lowest BCUT2D eigenvalue weighted by Gasteiger charge is -2.20. The number of fused-ring (bicyclic) bond motifs is 1. The summed E-state index contributed by atoms with van der Waals surface area (Å²) in [6.07, 6.45) is 1.03. The van der Waals surface area contributed by atoms with E-state index in [9.17, 15) is 0 Å². The maximum atomic E-state index is 4.84. The predicted octanol–water partition coefficient (Wildman–Crippen LogP) is 3.28. The van der Waals surface area contributed by atoms with Gasteiger partial charge in [-0.05, 0) is 26.0 Å². The number of rotatable bonds is 2. The van der Waals surface area contributed by atoms with Crippen molar-refractivity contribution < 1.29 is 0 Å². The molecule has 0 radical (unpaired) electrons. The summed E-state index contributed by atoms with van der Waals surface area (Å²) in [5.41, 5.74) is 4.93. The van der Waals surface area contributed by atoms with Crippen molar-refractivity contribution in [1.82, 2.24) is 15.3 Å². The van der Waals surface area contributed by atoms with Gasteiger partial charge in [-0.1, -0.05) is 13.8 Å². The Hall–Kier alpha value is -1.26. The van der Waals surface area contributed by atoms with Crippen molar-refractivity contribution in [3.63, 3.8) is 0 Å². The van der Waals surface area contributed by atoms with Crippen molar-refractivity contribution in [3.8, 4) is 11.3 Å². The van der Waals surface area contributed by atoms with E-state index < -0.39 is 0 Å². The zero-order valence-corrected chi connectivity index (χ0v) is 12.5. The monoisotopic (exact) mass is 273 g/mol. The summed E-state index contributed by atoms with van der Waals surface area (Å²) in [4.78, 5) is 10.9. The highest BCUT2D eigenvalue weighted by Gasteiger charge is 2.20. The summed E-state index contributed by atoms with van der Waals surface area (Å²) in [6, 6.07) is 2.24. The zero-order valence-electron chi connectivity index (χ0n) is 11.7. The average molecular weight is 273 g/mol. The van der Waals surface area contributed by atoms with Gasteiger partial charge in [0.15, 0.2) is 0 Å². The molecule has 0 atom stereocenters. The smallest absolute Gasteiger partial charge is 0.131 e. The number of nitrogens with one attached hydrogen (secondary N) is 1. The van der Waals surface area contributed by atoms with Crippen molar-refractivity contribution in [3.05, 3.63) is 33.4 Å². The molecule has 2 aromatic rings. The van der Waals surface area contributed by atoms with Crippen LogP contribution in [0.2, 0.25) is 0 Å². The molecule has 3 heterocycles. The summed E-state index contributed by atoms with van der Waals surface area (Å²) in [5, 5.41) is 5.62. The van der Waals surface area contributed by atoms with Crippen LogP contribution in [0.15, 0.2) is 11.4 Å². The first-order valence-electron chi connectivity index (χ1n) is 6.81. The number of aromatic nitrogens is 2. The van der Waals surface area contributed by atoms with Crippen LogP contribution >= 0.6 is 11.3 Å². The molecule has 1 aliphatic heterocycles. The minimum Gasteiger partial charge on any atom is -0.311 e. The Kier molecular flexibility index (Phi) is 3.37. The molecule has 0 saturated carbocycles. The van der Waals surface area contributed by atoms with Gasteiger partial charge in [0.2, 0.25) is 0 Å². The maximum Gasteiger partial charge on any atom is 0.131 e. The zero-order chi connectivity index (χ0) is 13.4. The van der Waals surface area contributed by atoms with Gasteiger partial charge in [-0.25, -0.2) is 9.97 Å². The maximum absolute atomic E-state index is 4.84. The van der Waals surface area contributed by atoms with Crippen molar-refractivity contribution in [1.29, 1.82) is 0 Å². The minimum absolute atomic E-state index is 0.366. The molecule has 3 nitrogen and oxygen atoms in total. The third kappa shape index (κ3) is 2.42.